The molecule has 1 amide bonds. The average molecular weight is 213 g/mol. The molecule has 4 nitrogen and oxygen atoms in total. The third-order valence-corrected chi connectivity index (χ3v) is 3.67. The molecule has 4 heteroatoms. The second-order valence-corrected chi connectivity index (χ2v) is 4.79. The molecule has 0 aromatic carbocycles. The van der Waals surface area contributed by atoms with Gasteiger partial charge in [-0.3, -0.25) is 4.79 Å². The van der Waals surface area contributed by atoms with Crippen LogP contribution < -0.4 is 16.8 Å². The molecule has 0 aromatic rings. The molecular formula is C11H23N3O. The minimum atomic E-state index is -0.561. The molecule has 0 saturated heterocycles. The quantitative estimate of drug-likeness (QED) is 0.624. The van der Waals surface area contributed by atoms with Crippen molar-refractivity contribution in [3.8, 4) is 0 Å². The Kier molecular flexibility index (Phi) is 4.54. The fraction of sp³-hybridized carbons (Fsp3) is 0.909. The summed E-state index contributed by atoms with van der Waals surface area (Å²) >= 11 is 0. The van der Waals surface area contributed by atoms with E-state index in [0.29, 0.717) is 18.5 Å². The van der Waals surface area contributed by atoms with Crippen LogP contribution in [-0.4, -0.2) is 24.5 Å². The molecular weight excluding hydrogens is 190 g/mol. The van der Waals surface area contributed by atoms with Crippen molar-refractivity contribution in [2.24, 2.45) is 23.3 Å². The Labute approximate surface area is 91.8 Å². The zero-order valence-electron chi connectivity index (χ0n) is 9.70. The lowest BCUT2D eigenvalue weighted by Crippen LogP contribution is -2.49. The van der Waals surface area contributed by atoms with Gasteiger partial charge in [-0.1, -0.05) is 26.7 Å². The zero-order valence-corrected chi connectivity index (χ0v) is 9.70. The lowest BCUT2D eigenvalue weighted by molar-refractivity contribution is -0.119. The molecule has 1 rings (SSSR count). The summed E-state index contributed by atoms with van der Waals surface area (Å²) in [6.07, 6.45) is 3.74. The smallest absolute Gasteiger partial charge is 0.235 e. The summed E-state index contributed by atoms with van der Waals surface area (Å²) < 4.78 is 0. The van der Waals surface area contributed by atoms with Gasteiger partial charge in [0.1, 0.15) is 0 Å². The minimum absolute atomic E-state index is 0.431. The number of nitrogens with two attached hydrogens (primary N) is 2. The first-order chi connectivity index (χ1) is 7.02. The van der Waals surface area contributed by atoms with Crippen LogP contribution in [0.25, 0.3) is 0 Å². The molecule has 1 saturated carbocycles. The molecule has 4 unspecified atom stereocenters. The Morgan fingerprint density at radius 3 is 2.73 bits per heavy atom. The SMILES string of the molecule is CC1CCCC(NCC(N)C(N)=O)C1C. The summed E-state index contributed by atoms with van der Waals surface area (Å²) in [6, 6.07) is -0.0754. The molecule has 0 heterocycles. The monoisotopic (exact) mass is 213 g/mol. The van der Waals surface area contributed by atoms with E-state index in [2.05, 4.69) is 19.2 Å². The highest BCUT2D eigenvalue weighted by Gasteiger charge is 2.27. The molecule has 1 aliphatic rings. The number of primary amides is 1. The van der Waals surface area contributed by atoms with Crippen molar-refractivity contribution in [1.29, 1.82) is 0 Å². The fourth-order valence-electron chi connectivity index (χ4n) is 2.25. The van der Waals surface area contributed by atoms with Crippen molar-refractivity contribution >= 4 is 5.91 Å². The highest BCUT2D eigenvalue weighted by atomic mass is 16.1. The number of hydrogen-bond acceptors (Lipinski definition) is 3. The van der Waals surface area contributed by atoms with E-state index in [9.17, 15) is 4.79 Å². The molecule has 0 bridgehead atoms. The Hall–Kier alpha value is -0.610. The van der Waals surface area contributed by atoms with Gasteiger partial charge in [0, 0.05) is 12.6 Å². The molecule has 1 fully saturated rings. The molecule has 0 spiro atoms. The lowest BCUT2D eigenvalue weighted by Gasteiger charge is -2.35. The van der Waals surface area contributed by atoms with E-state index in [1.165, 1.54) is 19.3 Å². The molecule has 5 N–H and O–H groups in total. The normalized spacial score (nSPS) is 33.7. The van der Waals surface area contributed by atoms with Crippen LogP contribution in [0.15, 0.2) is 0 Å². The average Bonchev–Trinajstić information content (AvgIpc) is 2.19. The van der Waals surface area contributed by atoms with Crippen LogP contribution in [0.4, 0.5) is 0 Å². The number of carbonyl (C=O) groups is 1. The minimum Gasteiger partial charge on any atom is -0.368 e. The van der Waals surface area contributed by atoms with Crippen molar-refractivity contribution in [2.75, 3.05) is 6.54 Å². The van der Waals surface area contributed by atoms with Gasteiger partial charge in [-0.25, -0.2) is 0 Å². The van der Waals surface area contributed by atoms with Gasteiger partial charge < -0.3 is 16.8 Å². The predicted octanol–water partition coefficient (Wildman–Crippen LogP) is 0.213. The van der Waals surface area contributed by atoms with Crippen molar-refractivity contribution in [3.05, 3.63) is 0 Å². The molecule has 1 aliphatic carbocycles. The second kappa shape index (κ2) is 5.47. The molecule has 0 aromatic heterocycles. The maximum atomic E-state index is 10.8. The van der Waals surface area contributed by atoms with Crippen LogP contribution in [0.3, 0.4) is 0 Å². The van der Waals surface area contributed by atoms with Crippen LogP contribution >= 0.6 is 0 Å². The Balaban J connectivity index is 2.34. The van der Waals surface area contributed by atoms with E-state index in [1.807, 2.05) is 0 Å². The summed E-state index contributed by atoms with van der Waals surface area (Å²) in [5.74, 6) is 0.971. The van der Waals surface area contributed by atoms with Crippen LogP contribution in [-0.2, 0) is 4.79 Å². The molecule has 15 heavy (non-hydrogen) atoms. The number of rotatable bonds is 4. The molecule has 88 valence electrons. The molecule has 0 radical (unpaired) electrons. The topological polar surface area (TPSA) is 81.1 Å². The van der Waals surface area contributed by atoms with E-state index in [0.717, 1.165) is 5.92 Å². The lowest BCUT2D eigenvalue weighted by atomic mass is 9.78. The highest BCUT2D eigenvalue weighted by Crippen LogP contribution is 2.29. The first kappa shape index (κ1) is 12.5. The highest BCUT2D eigenvalue weighted by molar-refractivity contribution is 5.79. The maximum absolute atomic E-state index is 10.8. The van der Waals surface area contributed by atoms with Crippen LogP contribution in [0, 0.1) is 11.8 Å². The van der Waals surface area contributed by atoms with Crippen molar-refractivity contribution in [2.45, 2.75) is 45.2 Å². The fourth-order valence-corrected chi connectivity index (χ4v) is 2.25. The maximum Gasteiger partial charge on any atom is 0.235 e. The van der Waals surface area contributed by atoms with E-state index >= 15 is 0 Å². The van der Waals surface area contributed by atoms with Crippen LogP contribution in [0.2, 0.25) is 0 Å². The number of amides is 1. The number of nitrogens with one attached hydrogen (secondary N) is 1. The third kappa shape index (κ3) is 3.47. The van der Waals surface area contributed by atoms with Crippen molar-refractivity contribution < 1.29 is 4.79 Å². The Morgan fingerprint density at radius 2 is 2.13 bits per heavy atom. The van der Waals surface area contributed by atoms with E-state index in [4.69, 9.17) is 11.5 Å². The van der Waals surface area contributed by atoms with Crippen LogP contribution in [0.5, 0.6) is 0 Å². The standard InChI is InChI=1S/C11H23N3O/c1-7-4-3-5-10(8(7)2)14-6-9(12)11(13)15/h7-10,14H,3-6,12H2,1-2H3,(H2,13,15). The van der Waals surface area contributed by atoms with E-state index in [1.54, 1.807) is 0 Å². The van der Waals surface area contributed by atoms with Gasteiger partial charge in [0.2, 0.25) is 5.91 Å². The summed E-state index contributed by atoms with van der Waals surface area (Å²) in [6.45, 7) is 5.04. The third-order valence-electron chi connectivity index (χ3n) is 3.67. The van der Waals surface area contributed by atoms with Gasteiger partial charge in [-0.15, -0.1) is 0 Å². The summed E-state index contributed by atoms with van der Waals surface area (Å²) in [5.41, 5.74) is 10.7. The summed E-state index contributed by atoms with van der Waals surface area (Å²) in [7, 11) is 0. The van der Waals surface area contributed by atoms with E-state index < -0.39 is 11.9 Å². The predicted molar refractivity (Wildman–Crippen MR) is 61.1 cm³/mol. The van der Waals surface area contributed by atoms with Gasteiger partial charge in [0.15, 0.2) is 0 Å². The van der Waals surface area contributed by atoms with Crippen LogP contribution in [0.1, 0.15) is 33.1 Å². The van der Waals surface area contributed by atoms with Gasteiger partial charge in [-0.05, 0) is 18.3 Å². The molecule has 4 atom stereocenters. The first-order valence-corrected chi connectivity index (χ1v) is 5.80. The zero-order chi connectivity index (χ0) is 11.4. The van der Waals surface area contributed by atoms with Gasteiger partial charge in [0.25, 0.3) is 0 Å². The van der Waals surface area contributed by atoms with E-state index in [-0.39, 0.29) is 0 Å². The number of carbonyl (C=O) groups excluding carboxylic acids is 1. The number of hydrogen-bond donors (Lipinski definition) is 3. The van der Waals surface area contributed by atoms with Gasteiger partial charge in [0.05, 0.1) is 6.04 Å². The largest absolute Gasteiger partial charge is 0.368 e. The van der Waals surface area contributed by atoms with Gasteiger partial charge in [-0.2, -0.15) is 0 Å². The second-order valence-electron chi connectivity index (χ2n) is 4.79. The van der Waals surface area contributed by atoms with Crippen molar-refractivity contribution in [3.63, 3.8) is 0 Å². The van der Waals surface area contributed by atoms with Crippen molar-refractivity contribution in [1.82, 2.24) is 5.32 Å². The summed E-state index contributed by atoms with van der Waals surface area (Å²) in [4.78, 5) is 10.8. The summed E-state index contributed by atoms with van der Waals surface area (Å²) in [5, 5.41) is 3.36. The first-order valence-electron chi connectivity index (χ1n) is 5.80. The van der Waals surface area contributed by atoms with Gasteiger partial charge >= 0.3 is 0 Å². The molecule has 0 aliphatic heterocycles. The Bertz CT molecular complexity index is 220. The Morgan fingerprint density at radius 1 is 1.47 bits per heavy atom.